The summed E-state index contributed by atoms with van der Waals surface area (Å²) in [5.41, 5.74) is 0.466. The molecule has 0 aromatic heterocycles. The molecule has 0 fully saturated rings. The molecule has 0 aliphatic carbocycles. The molecule has 3 aromatic carbocycles. The minimum atomic E-state index is -1.33. The molecule has 1 unspecified atom stereocenters. The average molecular weight is 364 g/mol. The Morgan fingerprint density at radius 3 is 2.07 bits per heavy atom. The standard InChI is InChI=1S/C24H25FO2/c1-23(2,3)24(26,20-10-7-11-21(25)16-20)19-12-14-22(15-13-19)27-17-18-8-5-4-6-9-18/h4-16,26H,17H2,1-3H3. The molecule has 2 nitrogen and oxygen atoms in total. The zero-order valence-corrected chi connectivity index (χ0v) is 15.9. The number of hydrogen-bond donors (Lipinski definition) is 1. The zero-order chi connectivity index (χ0) is 19.5. The molecule has 0 spiro atoms. The van der Waals surface area contributed by atoms with Gasteiger partial charge in [0, 0.05) is 0 Å². The van der Waals surface area contributed by atoms with Gasteiger partial charge in [0.15, 0.2) is 0 Å². The number of halogens is 1. The monoisotopic (exact) mass is 364 g/mol. The molecule has 0 saturated carbocycles. The molecule has 3 rings (SSSR count). The van der Waals surface area contributed by atoms with Gasteiger partial charge in [-0.25, -0.2) is 4.39 Å². The Morgan fingerprint density at radius 2 is 1.48 bits per heavy atom. The topological polar surface area (TPSA) is 29.5 Å². The Hall–Kier alpha value is -2.65. The van der Waals surface area contributed by atoms with E-state index in [0.29, 0.717) is 17.7 Å². The van der Waals surface area contributed by atoms with Gasteiger partial charge >= 0.3 is 0 Å². The molecule has 3 heteroatoms. The lowest BCUT2D eigenvalue weighted by molar-refractivity contribution is -0.0261. The van der Waals surface area contributed by atoms with Crippen LogP contribution < -0.4 is 4.74 Å². The fourth-order valence-electron chi connectivity index (χ4n) is 3.28. The number of aliphatic hydroxyl groups is 1. The fourth-order valence-corrected chi connectivity index (χ4v) is 3.28. The van der Waals surface area contributed by atoms with E-state index in [1.54, 1.807) is 12.1 Å². The van der Waals surface area contributed by atoms with Crippen molar-refractivity contribution < 1.29 is 14.2 Å². The highest BCUT2D eigenvalue weighted by atomic mass is 19.1. The molecule has 3 aromatic rings. The molecule has 1 N–H and O–H groups in total. The Morgan fingerprint density at radius 1 is 0.815 bits per heavy atom. The predicted molar refractivity (Wildman–Crippen MR) is 106 cm³/mol. The quantitative estimate of drug-likeness (QED) is 0.630. The Balaban J connectivity index is 1.88. The van der Waals surface area contributed by atoms with Crippen LogP contribution in [0.4, 0.5) is 4.39 Å². The second kappa shape index (κ2) is 7.53. The van der Waals surface area contributed by atoms with E-state index in [9.17, 15) is 9.50 Å². The van der Waals surface area contributed by atoms with Gasteiger partial charge in [0.05, 0.1) is 0 Å². The first-order valence-corrected chi connectivity index (χ1v) is 9.06. The largest absolute Gasteiger partial charge is 0.489 e. The van der Waals surface area contributed by atoms with E-state index >= 15 is 0 Å². The summed E-state index contributed by atoms with van der Waals surface area (Å²) in [5.74, 6) is 0.357. The third kappa shape index (κ3) is 4.04. The molecule has 0 saturated heterocycles. The molecule has 0 radical (unpaired) electrons. The van der Waals surface area contributed by atoms with E-state index in [0.717, 1.165) is 11.3 Å². The van der Waals surface area contributed by atoms with E-state index < -0.39 is 11.0 Å². The summed E-state index contributed by atoms with van der Waals surface area (Å²) < 4.78 is 19.6. The third-order valence-corrected chi connectivity index (χ3v) is 4.85. The average Bonchev–Trinajstić information content (AvgIpc) is 2.66. The second-order valence-electron chi connectivity index (χ2n) is 7.77. The SMILES string of the molecule is CC(C)(C)C(O)(c1ccc(OCc2ccccc2)cc1)c1cccc(F)c1. The lowest BCUT2D eigenvalue weighted by atomic mass is 9.68. The molecule has 0 bridgehead atoms. The summed E-state index contributed by atoms with van der Waals surface area (Å²) in [6, 6.07) is 23.5. The highest BCUT2D eigenvalue weighted by Gasteiger charge is 2.43. The summed E-state index contributed by atoms with van der Waals surface area (Å²) in [6.07, 6.45) is 0. The van der Waals surface area contributed by atoms with Crippen LogP contribution in [-0.2, 0) is 12.2 Å². The number of ether oxygens (including phenoxy) is 1. The van der Waals surface area contributed by atoms with Crippen molar-refractivity contribution in [1.29, 1.82) is 0 Å². The smallest absolute Gasteiger partial charge is 0.123 e. The molecule has 0 aliphatic rings. The van der Waals surface area contributed by atoms with Crippen LogP contribution >= 0.6 is 0 Å². The van der Waals surface area contributed by atoms with Gasteiger partial charge in [-0.3, -0.25) is 0 Å². The Labute approximate surface area is 160 Å². The minimum Gasteiger partial charge on any atom is -0.489 e. The van der Waals surface area contributed by atoms with E-state index in [1.807, 2.05) is 75.4 Å². The van der Waals surface area contributed by atoms with Crippen LogP contribution in [0.1, 0.15) is 37.5 Å². The van der Waals surface area contributed by atoms with Crippen molar-refractivity contribution in [3.63, 3.8) is 0 Å². The lowest BCUT2D eigenvalue weighted by Gasteiger charge is -2.41. The van der Waals surface area contributed by atoms with Crippen molar-refractivity contribution in [2.75, 3.05) is 0 Å². The number of rotatable bonds is 5. The van der Waals surface area contributed by atoms with Crippen LogP contribution in [0.5, 0.6) is 5.75 Å². The molecule has 1 atom stereocenters. The van der Waals surface area contributed by atoms with E-state index in [1.165, 1.54) is 12.1 Å². The molecule has 0 amide bonds. The van der Waals surface area contributed by atoms with Crippen molar-refractivity contribution in [2.24, 2.45) is 5.41 Å². The van der Waals surface area contributed by atoms with Gasteiger partial charge in [0.2, 0.25) is 0 Å². The highest BCUT2D eigenvalue weighted by Crippen LogP contribution is 2.45. The van der Waals surface area contributed by atoms with E-state index in [2.05, 4.69) is 0 Å². The third-order valence-electron chi connectivity index (χ3n) is 4.85. The number of benzene rings is 3. The summed E-state index contributed by atoms with van der Waals surface area (Å²) in [6.45, 7) is 6.31. The van der Waals surface area contributed by atoms with Crippen LogP contribution in [0.2, 0.25) is 0 Å². The molecule has 0 aliphatic heterocycles. The van der Waals surface area contributed by atoms with E-state index in [4.69, 9.17) is 4.74 Å². The maximum absolute atomic E-state index is 13.8. The first-order valence-electron chi connectivity index (χ1n) is 9.06. The van der Waals surface area contributed by atoms with Gasteiger partial charge in [-0.1, -0.05) is 75.4 Å². The van der Waals surface area contributed by atoms with Crippen LogP contribution in [0.25, 0.3) is 0 Å². The first-order chi connectivity index (χ1) is 12.8. The van der Waals surface area contributed by atoms with Crippen LogP contribution in [-0.4, -0.2) is 5.11 Å². The maximum atomic E-state index is 13.8. The van der Waals surface area contributed by atoms with Gasteiger partial charge in [-0.15, -0.1) is 0 Å². The lowest BCUT2D eigenvalue weighted by Crippen LogP contribution is -2.41. The normalized spacial score (nSPS) is 13.8. The van der Waals surface area contributed by atoms with Gasteiger partial charge in [-0.05, 0) is 46.4 Å². The molecule has 27 heavy (non-hydrogen) atoms. The highest BCUT2D eigenvalue weighted by molar-refractivity contribution is 5.41. The first kappa shape index (κ1) is 19.1. The molecular formula is C24H25FO2. The van der Waals surface area contributed by atoms with Crippen LogP contribution in [0.15, 0.2) is 78.9 Å². The van der Waals surface area contributed by atoms with Crippen molar-refractivity contribution in [1.82, 2.24) is 0 Å². The van der Waals surface area contributed by atoms with Crippen molar-refractivity contribution in [3.8, 4) is 5.75 Å². The minimum absolute atomic E-state index is 0.363. The Bertz CT molecular complexity index is 882. The molecule has 140 valence electrons. The summed E-state index contributed by atoms with van der Waals surface area (Å²) >= 11 is 0. The van der Waals surface area contributed by atoms with Crippen molar-refractivity contribution in [3.05, 3.63) is 101 Å². The van der Waals surface area contributed by atoms with Crippen LogP contribution in [0.3, 0.4) is 0 Å². The number of hydrogen-bond acceptors (Lipinski definition) is 2. The predicted octanol–water partition coefficient (Wildman–Crippen LogP) is 5.69. The Kier molecular flexibility index (Phi) is 5.33. The molecule has 0 heterocycles. The summed E-state index contributed by atoms with van der Waals surface area (Å²) in [4.78, 5) is 0. The van der Waals surface area contributed by atoms with E-state index in [-0.39, 0.29) is 5.82 Å². The van der Waals surface area contributed by atoms with Gasteiger partial charge in [0.1, 0.15) is 23.8 Å². The maximum Gasteiger partial charge on any atom is 0.123 e. The van der Waals surface area contributed by atoms with Gasteiger partial charge in [0.25, 0.3) is 0 Å². The summed E-state index contributed by atoms with van der Waals surface area (Å²) in [5, 5.41) is 11.6. The van der Waals surface area contributed by atoms with Gasteiger partial charge < -0.3 is 9.84 Å². The van der Waals surface area contributed by atoms with Crippen molar-refractivity contribution in [2.45, 2.75) is 33.0 Å². The second-order valence-corrected chi connectivity index (χ2v) is 7.77. The summed E-state index contributed by atoms with van der Waals surface area (Å²) in [7, 11) is 0. The van der Waals surface area contributed by atoms with Gasteiger partial charge in [-0.2, -0.15) is 0 Å². The fraction of sp³-hybridized carbons (Fsp3) is 0.250. The molecular weight excluding hydrogens is 339 g/mol. The van der Waals surface area contributed by atoms with Crippen molar-refractivity contribution >= 4 is 0 Å². The van der Waals surface area contributed by atoms with Crippen LogP contribution in [0, 0.1) is 11.2 Å². The zero-order valence-electron chi connectivity index (χ0n) is 15.9.